The number of allylic oxidation sites excluding steroid dienone is 3. The monoisotopic (exact) mass is 579 g/mol. The SMILES string of the molecule is COC(=O)NCC(=O)NC[C@@]1(C)CC[C@]2(C)CC[C@@]3(C)[C@]4(C)CC[C@H]5CC(=O)C(C#N)=C[C@]5(C)C4=CC(=O)[C@]3(O)[C@@H]2C1. The van der Waals surface area contributed by atoms with Crippen LogP contribution in [0.15, 0.2) is 23.3 Å². The molecule has 42 heavy (non-hydrogen) atoms. The molecule has 0 heterocycles. The summed E-state index contributed by atoms with van der Waals surface area (Å²) in [5.74, 6) is -1.00. The number of nitrogens with one attached hydrogen (secondary N) is 2. The summed E-state index contributed by atoms with van der Waals surface area (Å²) in [7, 11) is 1.24. The standard InChI is InChI=1S/C33H45N3O6/c1-28(19-36-26(39)18-35-27(40)42-6)9-10-29(2)11-12-32(5)31(4)8-7-21-13-22(37)20(17-34)15-30(21,3)23(31)14-25(38)33(32,41)24(29)16-28/h14-15,21,24,41H,7-13,16,18-19H2,1-6H3,(H,35,40)(H,36,39)/t21-,24+,28-,29+,30-,31+,32-,33+/m0/s1. The number of nitriles is 1. The number of Topliss-reactive ketones (excluding diaryl/α,β-unsaturated/α-hetero) is 1. The number of hydrogen-bond donors (Lipinski definition) is 3. The lowest BCUT2D eigenvalue weighted by Gasteiger charge is -2.71. The van der Waals surface area contributed by atoms with Crippen molar-refractivity contribution < 1.29 is 29.0 Å². The minimum atomic E-state index is -1.59. The fraction of sp³-hybridized carbons (Fsp3) is 0.727. The largest absolute Gasteiger partial charge is 0.453 e. The number of rotatable bonds is 4. The van der Waals surface area contributed by atoms with E-state index in [0.717, 1.165) is 37.7 Å². The first-order valence-corrected chi connectivity index (χ1v) is 15.3. The number of methoxy groups -OCH3 is 1. The molecule has 0 bridgehead atoms. The summed E-state index contributed by atoms with van der Waals surface area (Å²) in [4.78, 5) is 50.9. The van der Waals surface area contributed by atoms with E-state index in [2.05, 4.69) is 56.1 Å². The smallest absolute Gasteiger partial charge is 0.407 e. The third-order valence-electron chi connectivity index (χ3n) is 12.9. The molecule has 9 heteroatoms. The second-order valence-corrected chi connectivity index (χ2v) is 15.0. The molecule has 0 aromatic heterocycles. The first-order chi connectivity index (χ1) is 19.5. The summed E-state index contributed by atoms with van der Waals surface area (Å²) in [6.07, 6.45) is 8.52. The zero-order valence-electron chi connectivity index (χ0n) is 25.8. The van der Waals surface area contributed by atoms with Gasteiger partial charge >= 0.3 is 6.09 Å². The van der Waals surface area contributed by atoms with E-state index in [1.165, 1.54) is 7.11 Å². The van der Waals surface area contributed by atoms with Crippen LogP contribution in [0.25, 0.3) is 0 Å². The average Bonchev–Trinajstić information content (AvgIpc) is 2.95. The van der Waals surface area contributed by atoms with Crippen molar-refractivity contribution in [2.24, 2.45) is 38.9 Å². The van der Waals surface area contributed by atoms with Crippen LogP contribution in [0.5, 0.6) is 0 Å². The molecular weight excluding hydrogens is 534 g/mol. The first-order valence-electron chi connectivity index (χ1n) is 15.3. The van der Waals surface area contributed by atoms with Crippen molar-refractivity contribution in [2.75, 3.05) is 20.2 Å². The molecule has 0 radical (unpaired) electrons. The third-order valence-corrected chi connectivity index (χ3v) is 12.9. The van der Waals surface area contributed by atoms with E-state index in [9.17, 15) is 29.5 Å². The maximum Gasteiger partial charge on any atom is 0.407 e. The molecule has 228 valence electrons. The fourth-order valence-corrected chi connectivity index (χ4v) is 9.72. The Morgan fingerprint density at radius 1 is 1.07 bits per heavy atom. The Hall–Kier alpha value is -2.99. The van der Waals surface area contributed by atoms with E-state index in [0.29, 0.717) is 25.8 Å². The maximum absolute atomic E-state index is 14.4. The van der Waals surface area contributed by atoms with Crippen LogP contribution in [0.2, 0.25) is 0 Å². The molecular formula is C33H45N3O6. The summed E-state index contributed by atoms with van der Waals surface area (Å²) in [6, 6.07) is 2.09. The molecule has 3 N–H and O–H groups in total. The highest BCUT2D eigenvalue weighted by Crippen LogP contribution is 2.74. The van der Waals surface area contributed by atoms with Gasteiger partial charge in [-0.3, -0.25) is 14.4 Å². The number of carbonyl (C=O) groups excluding carboxylic acids is 4. The molecule has 2 amide bonds. The average molecular weight is 580 g/mol. The number of nitrogens with zero attached hydrogens (tertiary/aromatic N) is 1. The van der Waals surface area contributed by atoms with Crippen molar-refractivity contribution in [2.45, 2.75) is 91.6 Å². The Kier molecular flexibility index (Phi) is 7.09. The second kappa shape index (κ2) is 9.77. The van der Waals surface area contributed by atoms with Crippen LogP contribution in [-0.2, 0) is 19.1 Å². The number of ether oxygens (including phenoxy) is 1. The minimum Gasteiger partial charge on any atom is -0.453 e. The summed E-state index contributed by atoms with van der Waals surface area (Å²) in [6.45, 7) is 10.8. The summed E-state index contributed by atoms with van der Waals surface area (Å²) in [5, 5.41) is 27.9. The number of amides is 2. The Balaban J connectivity index is 1.50. The van der Waals surface area contributed by atoms with Crippen molar-refractivity contribution in [3.05, 3.63) is 23.3 Å². The van der Waals surface area contributed by atoms with Crippen LogP contribution in [-0.4, -0.2) is 54.5 Å². The molecule has 0 saturated heterocycles. The van der Waals surface area contributed by atoms with Crippen LogP contribution in [0, 0.1) is 50.2 Å². The number of fused-ring (bicyclic) bond motifs is 7. The molecule has 9 nitrogen and oxygen atoms in total. The number of alkyl carbamates (subject to hydrolysis) is 1. The van der Waals surface area contributed by atoms with Gasteiger partial charge in [0.1, 0.15) is 11.7 Å². The Morgan fingerprint density at radius 3 is 2.43 bits per heavy atom. The van der Waals surface area contributed by atoms with Gasteiger partial charge in [0.15, 0.2) is 11.6 Å². The number of hydrogen-bond acceptors (Lipinski definition) is 7. The quantitative estimate of drug-likeness (QED) is 0.453. The predicted octanol–water partition coefficient (Wildman–Crippen LogP) is 4.16. The molecule has 0 spiro atoms. The highest BCUT2D eigenvalue weighted by atomic mass is 16.5. The predicted molar refractivity (Wildman–Crippen MR) is 155 cm³/mol. The first kappa shape index (κ1) is 30.5. The van der Waals surface area contributed by atoms with Gasteiger partial charge in [0, 0.05) is 29.7 Å². The van der Waals surface area contributed by atoms with Crippen molar-refractivity contribution in [3.8, 4) is 6.07 Å². The van der Waals surface area contributed by atoms with E-state index in [1.807, 2.05) is 0 Å². The molecule has 8 atom stereocenters. The van der Waals surface area contributed by atoms with Gasteiger partial charge in [-0.1, -0.05) is 40.7 Å². The van der Waals surface area contributed by atoms with Crippen LogP contribution in [0.1, 0.15) is 86.0 Å². The highest BCUT2D eigenvalue weighted by molar-refractivity contribution is 6.02. The maximum atomic E-state index is 14.4. The summed E-state index contributed by atoms with van der Waals surface area (Å²) in [5.41, 5.74) is -2.89. The van der Waals surface area contributed by atoms with Gasteiger partial charge < -0.3 is 20.5 Å². The lowest BCUT2D eigenvalue weighted by atomic mass is 9.34. The number of carbonyl (C=O) groups is 4. The van der Waals surface area contributed by atoms with Crippen LogP contribution in [0.4, 0.5) is 4.79 Å². The zero-order chi connectivity index (χ0) is 30.9. The molecule has 0 unspecified atom stereocenters. The van der Waals surface area contributed by atoms with Crippen molar-refractivity contribution in [1.29, 1.82) is 5.26 Å². The molecule has 0 aliphatic heterocycles. The fourth-order valence-electron chi connectivity index (χ4n) is 9.72. The van der Waals surface area contributed by atoms with Crippen LogP contribution < -0.4 is 10.6 Å². The number of aliphatic hydroxyl groups is 1. The Labute approximate surface area is 248 Å². The second-order valence-electron chi connectivity index (χ2n) is 15.0. The Morgan fingerprint density at radius 2 is 1.76 bits per heavy atom. The van der Waals surface area contributed by atoms with Crippen LogP contribution >= 0.6 is 0 Å². The molecule has 3 saturated carbocycles. The molecule has 0 aromatic rings. The molecule has 5 rings (SSSR count). The van der Waals surface area contributed by atoms with E-state index in [4.69, 9.17) is 0 Å². The lowest BCUT2D eigenvalue weighted by Crippen LogP contribution is -2.73. The van der Waals surface area contributed by atoms with Gasteiger partial charge in [-0.05, 0) is 78.8 Å². The van der Waals surface area contributed by atoms with Gasteiger partial charge in [0.25, 0.3) is 0 Å². The zero-order valence-corrected chi connectivity index (χ0v) is 25.8. The van der Waals surface area contributed by atoms with Crippen molar-refractivity contribution in [1.82, 2.24) is 10.6 Å². The third kappa shape index (κ3) is 4.11. The lowest BCUT2D eigenvalue weighted by molar-refractivity contribution is -0.242. The van der Waals surface area contributed by atoms with E-state index < -0.39 is 27.9 Å². The number of ketones is 2. The Bertz CT molecular complexity index is 1350. The molecule has 0 aromatic carbocycles. The summed E-state index contributed by atoms with van der Waals surface area (Å²) < 4.78 is 4.54. The van der Waals surface area contributed by atoms with Gasteiger partial charge in [-0.2, -0.15) is 5.26 Å². The summed E-state index contributed by atoms with van der Waals surface area (Å²) >= 11 is 0. The van der Waals surface area contributed by atoms with Gasteiger partial charge in [0.05, 0.1) is 19.2 Å². The van der Waals surface area contributed by atoms with E-state index >= 15 is 0 Å². The van der Waals surface area contributed by atoms with Gasteiger partial charge in [-0.15, -0.1) is 0 Å². The van der Waals surface area contributed by atoms with Crippen LogP contribution in [0.3, 0.4) is 0 Å². The van der Waals surface area contributed by atoms with Gasteiger partial charge in [0.2, 0.25) is 5.91 Å². The van der Waals surface area contributed by atoms with Crippen molar-refractivity contribution in [3.63, 3.8) is 0 Å². The topological polar surface area (TPSA) is 146 Å². The molecule has 3 fully saturated rings. The van der Waals surface area contributed by atoms with Crippen molar-refractivity contribution >= 4 is 23.6 Å². The van der Waals surface area contributed by atoms with E-state index in [1.54, 1.807) is 12.2 Å². The van der Waals surface area contributed by atoms with Gasteiger partial charge in [-0.25, -0.2) is 4.79 Å². The molecule has 5 aliphatic carbocycles. The van der Waals surface area contributed by atoms with E-state index in [-0.39, 0.29) is 52.3 Å². The highest BCUT2D eigenvalue weighted by Gasteiger charge is 2.74. The normalized spacial score (nSPS) is 44.1. The molecule has 5 aliphatic rings. The minimum absolute atomic E-state index is 0.0214.